The highest BCUT2D eigenvalue weighted by molar-refractivity contribution is 7.99. The minimum absolute atomic E-state index is 0.275. The monoisotopic (exact) mass is 264 g/mol. The molecule has 5 nitrogen and oxygen atoms in total. The van der Waals surface area contributed by atoms with Gasteiger partial charge in [-0.25, -0.2) is 4.98 Å². The van der Waals surface area contributed by atoms with Crippen LogP contribution in [0.1, 0.15) is 5.56 Å². The van der Waals surface area contributed by atoms with Crippen LogP contribution in [-0.2, 0) is 6.42 Å². The Morgan fingerprint density at radius 3 is 2.78 bits per heavy atom. The van der Waals surface area contributed by atoms with Crippen LogP contribution in [0.4, 0.5) is 0 Å². The van der Waals surface area contributed by atoms with Gasteiger partial charge in [0.15, 0.2) is 5.16 Å². The van der Waals surface area contributed by atoms with E-state index in [0.717, 1.165) is 5.56 Å². The van der Waals surface area contributed by atoms with Crippen molar-refractivity contribution in [3.8, 4) is 0 Å². The van der Waals surface area contributed by atoms with E-state index in [0.29, 0.717) is 17.3 Å². The zero-order chi connectivity index (χ0) is 12.8. The molecule has 0 saturated carbocycles. The summed E-state index contributed by atoms with van der Waals surface area (Å²) >= 11 is 1.41. The molecule has 2 aromatic rings. The Hall–Kier alpha value is -1.37. The Morgan fingerprint density at radius 1 is 1.33 bits per heavy atom. The summed E-state index contributed by atoms with van der Waals surface area (Å²) in [7, 11) is 0. The zero-order valence-corrected chi connectivity index (χ0v) is 10.7. The van der Waals surface area contributed by atoms with E-state index < -0.39 is 6.10 Å². The molecular weight excluding hydrogens is 248 g/mol. The first-order valence-electron chi connectivity index (χ1n) is 5.71. The van der Waals surface area contributed by atoms with Crippen LogP contribution in [0.5, 0.6) is 0 Å². The first kappa shape index (κ1) is 13.1. The third-order valence-electron chi connectivity index (χ3n) is 2.59. The molecule has 0 amide bonds. The van der Waals surface area contributed by atoms with Crippen LogP contribution in [-0.4, -0.2) is 38.2 Å². The van der Waals surface area contributed by atoms with Crippen LogP contribution in [0.3, 0.4) is 0 Å². The van der Waals surface area contributed by atoms with Crippen LogP contribution >= 0.6 is 11.8 Å². The second kappa shape index (κ2) is 6.53. The van der Waals surface area contributed by atoms with E-state index >= 15 is 0 Å². The van der Waals surface area contributed by atoms with Gasteiger partial charge in [0.05, 0.1) is 6.10 Å². The highest BCUT2D eigenvalue weighted by Crippen LogP contribution is 2.14. The number of hydrogen-bond acceptors (Lipinski definition) is 5. The molecule has 96 valence electrons. The number of hydrogen-bond donors (Lipinski definition) is 3. The van der Waals surface area contributed by atoms with Gasteiger partial charge in [-0.3, -0.25) is 5.10 Å². The number of rotatable bonds is 6. The largest absolute Gasteiger partial charge is 0.391 e. The summed E-state index contributed by atoms with van der Waals surface area (Å²) in [6, 6.07) is 9.65. The first-order valence-corrected chi connectivity index (χ1v) is 6.70. The minimum atomic E-state index is -0.569. The van der Waals surface area contributed by atoms with E-state index in [1.165, 1.54) is 18.1 Å². The van der Waals surface area contributed by atoms with Crippen molar-refractivity contribution in [2.75, 3.05) is 5.75 Å². The Kier molecular flexibility index (Phi) is 4.74. The molecule has 1 aromatic heterocycles. The van der Waals surface area contributed by atoms with Crippen molar-refractivity contribution in [3.63, 3.8) is 0 Å². The molecule has 4 N–H and O–H groups in total. The Balaban J connectivity index is 1.80. The number of aromatic amines is 1. The molecule has 0 spiro atoms. The number of aliphatic hydroxyl groups excluding tert-OH is 1. The lowest BCUT2D eigenvalue weighted by molar-refractivity contribution is 0.167. The predicted molar refractivity (Wildman–Crippen MR) is 71.2 cm³/mol. The highest BCUT2D eigenvalue weighted by Gasteiger charge is 2.16. The molecular formula is C12H16N4OS. The molecule has 0 radical (unpaired) electrons. The van der Waals surface area contributed by atoms with Crippen LogP contribution in [0.25, 0.3) is 0 Å². The predicted octanol–water partition coefficient (Wildman–Crippen LogP) is 0.828. The summed E-state index contributed by atoms with van der Waals surface area (Å²) in [5, 5.41) is 17.1. The molecule has 6 heteroatoms. The fraction of sp³-hybridized carbons (Fsp3) is 0.333. The van der Waals surface area contributed by atoms with Crippen molar-refractivity contribution in [3.05, 3.63) is 42.2 Å². The van der Waals surface area contributed by atoms with Crippen molar-refractivity contribution in [2.24, 2.45) is 5.73 Å². The van der Waals surface area contributed by atoms with Crippen molar-refractivity contribution < 1.29 is 5.11 Å². The first-order chi connectivity index (χ1) is 8.75. The van der Waals surface area contributed by atoms with Crippen molar-refractivity contribution in [1.82, 2.24) is 15.2 Å². The van der Waals surface area contributed by atoms with Crippen LogP contribution in [0.2, 0.25) is 0 Å². The molecule has 0 fully saturated rings. The number of nitrogens with two attached hydrogens (primary N) is 1. The number of thioether (sulfide) groups is 1. The maximum Gasteiger partial charge on any atom is 0.183 e. The molecule has 1 aromatic carbocycles. The quantitative estimate of drug-likeness (QED) is 0.673. The van der Waals surface area contributed by atoms with E-state index in [-0.39, 0.29) is 6.04 Å². The topological polar surface area (TPSA) is 87.8 Å². The number of nitrogens with one attached hydrogen (secondary N) is 1. The van der Waals surface area contributed by atoms with Crippen LogP contribution in [0.15, 0.2) is 41.8 Å². The molecule has 0 aliphatic rings. The molecule has 0 aliphatic heterocycles. The molecule has 1 heterocycles. The molecule has 2 atom stereocenters. The smallest absolute Gasteiger partial charge is 0.183 e. The van der Waals surface area contributed by atoms with Crippen LogP contribution < -0.4 is 5.73 Å². The van der Waals surface area contributed by atoms with Gasteiger partial charge in [-0.1, -0.05) is 42.1 Å². The molecule has 2 rings (SSSR count). The van der Waals surface area contributed by atoms with Gasteiger partial charge in [-0.05, 0) is 12.0 Å². The standard InChI is InChI=1S/C12H16N4OS/c13-10(6-9-4-2-1-3-5-9)11(17)7-18-12-14-8-15-16-12/h1-5,8,10-11,17H,6-7,13H2,(H,14,15,16). The van der Waals surface area contributed by atoms with Gasteiger partial charge in [-0.2, -0.15) is 5.10 Å². The normalized spacial score (nSPS) is 14.3. The van der Waals surface area contributed by atoms with Crippen LogP contribution in [0, 0.1) is 0 Å². The van der Waals surface area contributed by atoms with Gasteiger partial charge in [-0.15, -0.1) is 0 Å². The molecule has 2 unspecified atom stereocenters. The van der Waals surface area contributed by atoms with Gasteiger partial charge in [0.25, 0.3) is 0 Å². The third-order valence-corrected chi connectivity index (χ3v) is 3.57. The fourth-order valence-corrected chi connectivity index (χ4v) is 2.39. The molecule has 0 aliphatic carbocycles. The summed E-state index contributed by atoms with van der Waals surface area (Å²) in [5.41, 5.74) is 7.11. The summed E-state index contributed by atoms with van der Waals surface area (Å²) in [6.45, 7) is 0. The second-order valence-electron chi connectivity index (χ2n) is 4.02. The number of benzene rings is 1. The fourth-order valence-electron chi connectivity index (χ4n) is 1.57. The molecule has 0 bridgehead atoms. The highest BCUT2D eigenvalue weighted by atomic mass is 32.2. The lowest BCUT2D eigenvalue weighted by Gasteiger charge is -2.17. The van der Waals surface area contributed by atoms with Gasteiger partial charge < -0.3 is 10.8 Å². The third kappa shape index (κ3) is 3.83. The maximum atomic E-state index is 9.97. The Labute approximate surface area is 110 Å². The number of aromatic nitrogens is 3. The Morgan fingerprint density at radius 2 is 2.11 bits per heavy atom. The Bertz CT molecular complexity index is 448. The zero-order valence-electron chi connectivity index (χ0n) is 9.86. The molecule has 0 saturated heterocycles. The van der Waals surface area contributed by atoms with Crippen molar-refractivity contribution in [1.29, 1.82) is 0 Å². The lowest BCUT2D eigenvalue weighted by Crippen LogP contribution is -2.38. The van der Waals surface area contributed by atoms with Gasteiger partial charge >= 0.3 is 0 Å². The SMILES string of the molecule is NC(Cc1ccccc1)C(O)CSc1ncn[nH]1. The number of nitrogens with zero attached hydrogens (tertiary/aromatic N) is 2. The van der Waals surface area contributed by atoms with Gasteiger partial charge in [0, 0.05) is 11.8 Å². The van der Waals surface area contributed by atoms with Gasteiger partial charge in [0.2, 0.25) is 0 Å². The number of aliphatic hydroxyl groups is 1. The van der Waals surface area contributed by atoms with E-state index in [1.54, 1.807) is 0 Å². The minimum Gasteiger partial charge on any atom is -0.391 e. The van der Waals surface area contributed by atoms with Gasteiger partial charge in [0.1, 0.15) is 6.33 Å². The summed E-state index contributed by atoms with van der Waals surface area (Å²) < 4.78 is 0. The summed E-state index contributed by atoms with van der Waals surface area (Å²) in [4.78, 5) is 3.98. The lowest BCUT2D eigenvalue weighted by atomic mass is 10.0. The summed E-state index contributed by atoms with van der Waals surface area (Å²) in [6.07, 6.45) is 1.54. The summed E-state index contributed by atoms with van der Waals surface area (Å²) in [5.74, 6) is 0.503. The van der Waals surface area contributed by atoms with Crippen molar-refractivity contribution >= 4 is 11.8 Å². The van der Waals surface area contributed by atoms with Crippen molar-refractivity contribution in [2.45, 2.75) is 23.7 Å². The maximum absolute atomic E-state index is 9.97. The average Bonchev–Trinajstić information content (AvgIpc) is 2.90. The number of H-pyrrole nitrogens is 1. The van der Waals surface area contributed by atoms with E-state index in [9.17, 15) is 5.11 Å². The van der Waals surface area contributed by atoms with E-state index in [4.69, 9.17) is 5.73 Å². The average molecular weight is 264 g/mol. The second-order valence-corrected chi connectivity index (χ2v) is 5.03. The van der Waals surface area contributed by atoms with E-state index in [1.807, 2.05) is 30.3 Å². The molecule has 18 heavy (non-hydrogen) atoms. The van der Waals surface area contributed by atoms with E-state index in [2.05, 4.69) is 15.2 Å².